The highest BCUT2D eigenvalue weighted by Crippen LogP contribution is 2.31. The average molecular weight is 372 g/mol. The molecule has 2 aliphatic rings. The lowest BCUT2D eigenvalue weighted by atomic mass is 10.0. The maximum absolute atomic E-state index is 13.3. The molecule has 7 heteroatoms. The van der Waals surface area contributed by atoms with Gasteiger partial charge < -0.3 is 20.1 Å². The summed E-state index contributed by atoms with van der Waals surface area (Å²) in [4.78, 5) is 31.6. The monoisotopic (exact) mass is 372 g/mol. The highest BCUT2D eigenvalue weighted by molar-refractivity contribution is 5.81. The Bertz CT molecular complexity index is 861. The highest BCUT2D eigenvalue weighted by Gasteiger charge is 2.39. The zero-order valence-corrected chi connectivity index (χ0v) is 15.5. The SMILES string of the molecule is CC(=O)N1CCC[C@@H](N(C(=O)NCc2cc3cc(F)ccc3[nH]2)C2CC2)C1. The van der Waals surface area contributed by atoms with E-state index < -0.39 is 0 Å². The topological polar surface area (TPSA) is 68.4 Å². The molecule has 2 fully saturated rings. The van der Waals surface area contributed by atoms with Crippen LogP contribution in [-0.4, -0.2) is 51.9 Å². The van der Waals surface area contributed by atoms with Gasteiger partial charge in [-0.2, -0.15) is 0 Å². The lowest BCUT2D eigenvalue weighted by Crippen LogP contribution is -2.54. The van der Waals surface area contributed by atoms with Gasteiger partial charge >= 0.3 is 6.03 Å². The molecule has 2 heterocycles. The fourth-order valence-corrected chi connectivity index (χ4v) is 3.97. The molecule has 0 unspecified atom stereocenters. The summed E-state index contributed by atoms with van der Waals surface area (Å²) in [5.74, 6) is -0.203. The summed E-state index contributed by atoms with van der Waals surface area (Å²) < 4.78 is 13.3. The minimum absolute atomic E-state index is 0.0705. The van der Waals surface area contributed by atoms with Crippen molar-refractivity contribution in [3.8, 4) is 0 Å². The van der Waals surface area contributed by atoms with Gasteiger partial charge in [0.15, 0.2) is 0 Å². The number of piperidine rings is 1. The van der Waals surface area contributed by atoms with E-state index >= 15 is 0 Å². The van der Waals surface area contributed by atoms with Crippen LogP contribution in [-0.2, 0) is 11.3 Å². The number of aromatic nitrogens is 1. The number of likely N-dealkylation sites (tertiary alicyclic amines) is 1. The summed E-state index contributed by atoms with van der Waals surface area (Å²) in [6.07, 6.45) is 3.90. The molecule has 0 bridgehead atoms. The number of carbonyl (C=O) groups excluding carboxylic acids is 2. The number of H-pyrrole nitrogens is 1. The maximum atomic E-state index is 13.3. The number of nitrogens with one attached hydrogen (secondary N) is 2. The summed E-state index contributed by atoms with van der Waals surface area (Å²) in [6, 6.07) is 6.72. The first kappa shape index (κ1) is 17.8. The number of hydrogen-bond acceptors (Lipinski definition) is 2. The molecule has 1 aliphatic heterocycles. The van der Waals surface area contributed by atoms with Gasteiger partial charge in [-0.15, -0.1) is 0 Å². The molecule has 6 nitrogen and oxygen atoms in total. The number of benzene rings is 1. The average Bonchev–Trinajstić information content (AvgIpc) is 3.39. The van der Waals surface area contributed by atoms with Gasteiger partial charge in [0.2, 0.25) is 5.91 Å². The fourth-order valence-electron chi connectivity index (χ4n) is 3.97. The first-order valence-corrected chi connectivity index (χ1v) is 9.60. The number of aromatic amines is 1. The molecule has 1 atom stereocenters. The third-order valence-electron chi connectivity index (χ3n) is 5.48. The van der Waals surface area contributed by atoms with E-state index in [0.29, 0.717) is 13.1 Å². The van der Waals surface area contributed by atoms with Crippen LogP contribution in [0.1, 0.15) is 38.3 Å². The Morgan fingerprint density at radius 3 is 2.81 bits per heavy atom. The summed E-state index contributed by atoms with van der Waals surface area (Å²) in [7, 11) is 0. The molecule has 3 amide bonds. The van der Waals surface area contributed by atoms with Gasteiger partial charge in [0, 0.05) is 42.7 Å². The molecule has 1 aliphatic carbocycles. The van der Waals surface area contributed by atoms with Gasteiger partial charge in [-0.3, -0.25) is 4.79 Å². The zero-order valence-electron chi connectivity index (χ0n) is 15.5. The number of rotatable bonds is 4. The predicted molar refractivity (Wildman–Crippen MR) is 101 cm³/mol. The van der Waals surface area contributed by atoms with Crippen LogP contribution in [0.25, 0.3) is 10.9 Å². The van der Waals surface area contributed by atoms with Gasteiger partial charge in [-0.25, -0.2) is 9.18 Å². The van der Waals surface area contributed by atoms with Crippen LogP contribution in [0.15, 0.2) is 24.3 Å². The van der Waals surface area contributed by atoms with Gasteiger partial charge in [0.05, 0.1) is 12.6 Å². The van der Waals surface area contributed by atoms with Crippen LogP contribution < -0.4 is 5.32 Å². The van der Waals surface area contributed by atoms with E-state index in [1.807, 2.05) is 15.9 Å². The Labute approximate surface area is 157 Å². The van der Waals surface area contributed by atoms with Crippen LogP contribution in [0.3, 0.4) is 0 Å². The number of amides is 3. The lowest BCUT2D eigenvalue weighted by molar-refractivity contribution is -0.130. The Morgan fingerprint density at radius 1 is 1.26 bits per heavy atom. The van der Waals surface area contributed by atoms with Crippen molar-refractivity contribution in [3.05, 3.63) is 35.8 Å². The second kappa shape index (κ2) is 7.21. The first-order chi connectivity index (χ1) is 13.0. The quantitative estimate of drug-likeness (QED) is 0.866. The number of nitrogens with zero attached hydrogens (tertiary/aromatic N) is 2. The molecule has 1 saturated carbocycles. The molecule has 1 aromatic heterocycles. The summed E-state index contributed by atoms with van der Waals surface area (Å²) >= 11 is 0. The van der Waals surface area contributed by atoms with E-state index in [2.05, 4.69) is 10.3 Å². The predicted octanol–water partition coefficient (Wildman–Crippen LogP) is 2.99. The van der Waals surface area contributed by atoms with E-state index in [9.17, 15) is 14.0 Å². The smallest absolute Gasteiger partial charge is 0.318 e. The Balaban J connectivity index is 1.42. The van der Waals surface area contributed by atoms with Crippen molar-refractivity contribution in [2.24, 2.45) is 0 Å². The summed E-state index contributed by atoms with van der Waals surface area (Å²) in [5, 5.41) is 3.79. The van der Waals surface area contributed by atoms with Gasteiger partial charge in [-0.1, -0.05) is 0 Å². The van der Waals surface area contributed by atoms with E-state index in [1.165, 1.54) is 12.1 Å². The molecular formula is C20H25FN4O2. The van der Waals surface area contributed by atoms with Crippen LogP contribution in [0.5, 0.6) is 0 Å². The van der Waals surface area contributed by atoms with Crippen molar-refractivity contribution in [1.82, 2.24) is 20.1 Å². The van der Waals surface area contributed by atoms with Crippen molar-refractivity contribution in [1.29, 1.82) is 0 Å². The van der Waals surface area contributed by atoms with Crippen molar-refractivity contribution < 1.29 is 14.0 Å². The number of urea groups is 1. The Morgan fingerprint density at radius 2 is 2.07 bits per heavy atom. The van der Waals surface area contributed by atoms with Crippen molar-refractivity contribution in [2.75, 3.05) is 13.1 Å². The first-order valence-electron chi connectivity index (χ1n) is 9.60. The molecule has 1 aromatic carbocycles. The summed E-state index contributed by atoms with van der Waals surface area (Å²) in [6.45, 7) is 3.34. The van der Waals surface area contributed by atoms with Gasteiger partial charge in [0.25, 0.3) is 0 Å². The van der Waals surface area contributed by atoms with E-state index in [0.717, 1.165) is 48.8 Å². The van der Waals surface area contributed by atoms with Crippen molar-refractivity contribution in [3.63, 3.8) is 0 Å². The second-order valence-electron chi connectivity index (χ2n) is 7.58. The van der Waals surface area contributed by atoms with Crippen molar-refractivity contribution in [2.45, 2.75) is 51.2 Å². The van der Waals surface area contributed by atoms with Crippen LogP contribution >= 0.6 is 0 Å². The summed E-state index contributed by atoms with van der Waals surface area (Å²) in [5.41, 5.74) is 1.69. The van der Waals surface area contributed by atoms with Crippen LogP contribution in [0, 0.1) is 5.82 Å². The number of fused-ring (bicyclic) bond motifs is 1. The van der Waals surface area contributed by atoms with Crippen LogP contribution in [0.2, 0.25) is 0 Å². The van der Waals surface area contributed by atoms with E-state index in [1.54, 1.807) is 13.0 Å². The minimum atomic E-state index is -0.274. The number of hydrogen-bond donors (Lipinski definition) is 2. The minimum Gasteiger partial charge on any atom is -0.357 e. The Kier molecular flexibility index (Phi) is 4.76. The van der Waals surface area contributed by atoms with Gasteiger partial charge in [-0.05, 0) is 49.9 Å². The molecule has 0 radical (unpaired) electrons. The normalized spacial score (nSPS) is 19.9. The zero-order chi connectivity index (χ0) is 19.0. The molecule has 1 saturated heterocycles. The van der Waals surface area contributed by atoms with Crippen LogP contribution in [0.4, 0.5) is 9.18 Å². The van der Waals surface area contributed by atoms with Crippen molar-refractivity contribution >= 4 is 22.8 Å². The maximum Gasteiger partial charge on any atom is 0.318 e. The van der Waals surface area contributed by atoms with E-state index in [-0.39, 0.29) is 29.8 Å². The lowest BCUT2D eigenvalue weighted by Gasteiger charge is -2.39. The molecule has 0 spiro atoms. The standard InChI is InChI=1S/C20H25FN4O2/c1-13(26)24-8-2-3-18(12-24)25(17-5-6-17)20(27)22-11-16-10-14-9-15(21)4-7-19(14)23-16/h4,7,9-10,17-18,23H,2-3,5-6,8,11-12H2,1H3,(H,22,27)/t18-/m1/s1. The molecule has 2 N–H and O–H groups in total. The number of carbonyl (C=O) groups is 2. The fraction of sp³-hybridized carbons (Fsp3) is 0.500. The largest absolute Gasteiger partial charge is 0.357 e. The second-order valence-corrected chi connectivity index (χ2v) is 7.58. The third-order valence-corrected chi connectivity index (χ3v) is 5.48. The number of halogens is 1. The van der Waals surface area contributed by atoms with Gasteiger partial charge in [0.1, 0.15) is 5.82 Å². The molecular weight excluding hydrogens is 347 g/mol. The third kappa shape index (κ3) is 3.91. The molecule has 4 rings (SSSR count). The van der Waals surface area contributed by atoms with E-state index in [4.69, 9.17) is 0 Å². The molecule has 27 heavy (non-hydrogen) atoms. The molecule has 2 aromatic rings. The highest BCUT2D eigenvalue weighted by atomic mass is 19.1. The Hall–Kier alpha value is -2.57. The molecule has 144 valence electrons.